The molecule has 0 aliphatic carbocycles. The van der Waals surface area contributed by atoms with Gasteiger partial charge in [0.1, 0.15) is 17.8 Å². The van der Waals surface area contributed by atoms with E-state index in [9.17, 15) is 18.4 Å². The number of nitrogens with one attached hydrogen (secondary N) is 2. The van der Waals surface area contributed by atoms with E-state index >= 15 is 0 Å². The molecule has 0 heterocycles. The summed E-state index contributed by atoms with van der Waals surface area (Å²) in [6.45, 7) is 1.46. The molecule has 26 heavy (non-hydrogen) atoms. The summed E-state index contributed by atoms with van der Waals surface area (Å²) in [7, 11) is 0. The first-order valence-electron chi connectivity index (χ1n) is 7.37. The van der Waals surface area contributed by atoms with E-state index in [2.05, 4.69) is 38.4 Å². The maximum atomic E-state index is 13.4. The molecule has 2 N–H and O–H groups in total. The molecule has 0 saturated heterocycles. The van der Waals surface area contributed by atoms with Gasteiger partial charge in [-0.3, -0.25) is 9.59 Å². The van der Waals surface area contributed by atoms with Crippen LogP contribution < -0.4 is 10.6 Å². The number of hydrogen-bond donors (Lipinski definition) is 2. The number of halogens is 3. The van der Waals surface area contributed by atoms with Gasteiger partial charge in [0, 0.05) is 15.3 Å². The smallest absolute Gasteiger partial charge is 0.270 e. The van der Waals surface area contributed by atoms with Crippen molar-refractivity contribution in [2.45, 2.75) is 13.0 Å². The summed E-state index contributed by atoms with van der Waals surface area (Å²) in [5.74, 6) is -2.92. The maximum Gasteiger partial charge on any atom is 0.270 e. The first kappa shape index (κ1) is 19.8. The molecule has 0 aromatic heterocycles. The minimum atomic E-state index is -0.959. The Hall–Kier alpha value is -2.56. The van der Waals surface area contributed by atoms with Crippen LogP contribution in [0.5, 0.6) is 0 Å². The number of rotatable bonds is 6. The minimum absolute atomic E-state index is 0.202. The number of hydrogen-bond acceptors (Lipinski definition) is 4. The van der Waals surface area contributed by atoms with Crippen molar-refractivity contribution in [2.24, 2.45) is 5.16 Å². The first-order valence-corrected chi connectivity index (χ1v) is 8.44. The van der Waals surface area contributed by atoms with Crippen LogP contribution in [0.25, 0.3) is 0 Å². The zero-order valence-electron chi connectivity index (χ0n) is 13.5. The van der Waals surface area contributed by atoms with Gasteiger partial charge >= 0.3 is 0 Å². The summed E-state index contributed by atoms with van der Waals surface area (Å²) >= 11 is 2.11. The average molecular weight is 473 g/mol. The normalized spacial score (nSPS) is 11.8. The molecule has 0 bridgehead atoms. The van der Waals surface area contributed by atoms with Crippen LogP contribution in [0.4, 0.5) is 20.2 Å². The van der Waals surface area contributed by atoms with Crippen LogP contribution in [0.2, 0.25) is 0 Å². The van der Waals surface area contributed by atoms with Crippen molar-refractivity contribution in [3.05, 3.63) is 57.7 Å². The lowest BCUT2D eigenvalue weighted by molar-refractivity contribution is -0.126. The number of benzene rings is 2. The van der Waals surface area contributed by atoms with Crippen molar-refractivity contribution in [1.82, 2.24) is 0 Å². The summed E-state index contributed by atoms with van der Waals surface area (Å²) in [6, 6.07) is 9.89. The molecular weight excluding hydrogens is 459 g/mol. The fourth-order valence-electron chi connectivity index (χ4n) is 1.78. The summed E-state index contributed by atoms with van der Waals surface area (Å²) in [5.41, 5.74) is 0.401. The molecule has 0 aliphatic heterocycles. The van der Waals surface area contributed by atoms with E-state index in [-0.39, 0.29) is 5.69 Å². The summed E-state index contributed by atoms with van der Waals surface area (Å²) < 4.78 is 27.2. The van der Waals surface area contributed by atoms with Gasteiger partial charge in [0.25, 0.3) is 11.8 Å². The molecule has 2 amide bonds. The Labute approximate surface area is 161 Å². The Morgan fingerprint density at radius 1 is 1.19 bits per heavy atom. The van der Waals surface area contributed by atoms with Gasteiger partial charge < -0.3 is 15.5 Å². The number of carbonyl (C=O) groups excluding carboxylic acids is 2. The molecule has 1 unspecified atom stereocenters. The van der Waals surface area contributed by atoms with E-state index in [1.165, 1.54) is 6.92 Å². The standard InChI is InChI=1S/C17H14F2IN3O3/c1-10(17(25)22-13-4-2-3-12(20)8-13)26-21-9-16(24)23-15-6-5-11(18)7-14(15)19/h2-10H,1H3,(H,22,25)(H,23,24)/b21-9+. The van der Waals surface area contributed by atoms with Gasteiger partial charge in [-0.1, -0.05) is 11.2 Å². The van der Waals surface area contributed by atoms with Crippen LogP contribution in [-0.4, -0.2) is 24.1 Å². The molecule has 1 atom stereocenters. The van der Waals surface area contributed by atoms with Crippen LogP contribution in [0, 0.1) is 15.2 Å². The molecule has 9 heteroatoms. The predicted molar refractivity (Wildman–Crippen MR) is 102 cm³/mol. The molecule has 0 aliphatic rings. The highest BCUT2D eigenvalue weighted by Gasteiger charge is 2.14. The largest absolute Gasteiger partial charge is 0.383 e. The lowest BCUT2D eigenvalue weighted by Crippen LogP contribution is -2.26. The molecule has 0 radical (unpaired) electrons. The van der Waals surface area contributed by atoms with Gasteiger partial charge in [-0.05, 0) is 59.8 Å². The third-order valence-corrected chi connectivity index (χ3v) is 3.71. The second-order valence-corrected chi connectivity index (χ2v) is 6.34. The van der Waals surface area contributed by atoms with Crippen molar-refractivity contribution < 1.29 is 23.2 Å². The Bertz CT molecular complexity index is 846. The third-order valence-electron chi connectivity index (χ3n) is 3.04. The quantitative estimate of drug-likeness (QED) is 0.383. The fourth-order valence-corrected chi connectivity index (χ4v) is 2.33. The monoisotopic (exact) mass is 473 g/mol. The van der Waals surface area contributed by atoms with Crippen LogP contribution >= 0.6 is 22.6 Å². The van der Waals surface area contributed by atoms with Crippen molar-refractivity contribution in [2.75, 3.05) is 10.6 Å². The molecule has 0 spiro atoms. The van der Waals surface area contributed by atoms with Crippen molar-refractivity contribution in [1.29, 1.82) is 0 Å². The molecule has 0 saturated carbocycles. The second kappa shape index (κ2) is 9.22. The summed E-state index contributed by atoms with van der Waals surface area (Å²) in [5, 5.41) is 8.22. The number of anilines is 2. The van der Waals surface area contributed by atoms with E-state index in [4.69, 9.17) is 4.84 Å². The molecular formula is C17H14F2IN3O3. The topological polar surface area (TPSA) is 79.8 Å². The molecule has 136 valence electrons. The summed E-state index contributed by atoms with van der Waals surface area (Å²) in [6.07, 6.45) is -0.211. The van der Waals surface area contributed by atoms with Crippen molar-refractivity contribution in [3.63, 3.8) is 0 Å². The number of carbonyl (C=O) groups is 2. The van der Waals surface area contributed by atoms with E-state index in [1.54, 1.807) is 18.2 Å². The Balaban J connectivity index is 1.84. The van der Waals surface area contributed by atoms with Gasteiger partial charge in [-0.25, -0.2) is 8.78 Å². The van der Waals surface area contributed by atoms with E-state index < -0.39 is 29.6 Å². The number of oxime groups is 1. The van der Waals surface area contributed by atoms with Gasteiger partial charge in [0.05, 0.1) is 5.69 Å². The van der Waals surface area contributed by atoms with Crippen molar-refractivity contribution in [3.8, 4) is 0 Å². The van der Waals surface area contributed by atoms with Crippen molar-refractivity contribution >= 4 is 52.0 Å². The predicted octanol–water partition coefficient (Wildman–Crippen LogP) is 3.54. The third kappa shape index (κ3) is 6.06. The number of amides is 2. The van der Waals surface area contributed by atoms with Crippen LogP contribution in [0.15, 0.2) is 47.6 Å². The van der Waals surface area contributed by atoms with Gasteiger partial charge in [-0.15, -0.1) is 0 Å². The van der Waals surface area contributed by atoms with Crippen LogP contribution in [-0.2, 0) is 14.4 Å². The Morgan fingerprint density at radius 3 is 2.65 bits per heavy atom. The Morgan fingerprint density at radius 2 is 1.96 bits per heavy atom. The minimum Gasteiger partial charge on any atom is -0.383 e. The molecule has 2 aromatic carbocycles. The average Bonchev–Trinajstić information content (AvgIpc) is 2.57. The first-order chi connectivity index (χ1) is 12.3. The zero-order chi connectivity index (χ0) is 19.1. The highest BCUT2D eigenvalue weighted by molar-refractivity contribution is 14.1. The number of nitrogens with zero attached hydrogens (tertiary/aromatic N) is 1. The molecule has 2 aromatic rings. The highest BCUT2D eigenvalue weighted by atomic mass is 127. The lowest BCUT2D eigenvalue weighted by atomic mass is 10.3. The Kier molecular flexibility index (Phi) is 7.01. The SMILES string of the molecule is CC(O/N=C/C(=O)Nc1ccc(F)cc1F)C(=O)Nc1cccc(I)c1. The van der Waals surface area contributed by atoms with Gasteiger partial charge in [-0.2, -0.15) is 0 Å². The van der Waals surface area contributed by atoms with Crippen LogP contribution in [0.3, 0.4) is 0 Å². The van der Waals surface area contributed by atoms with Gasteiger partial charge in [0.15, 0.2) is 0 Å². The van der Waals surface area contributed by atoms with E-state index in [1.807, 2.05) is 6.07 Å². The van der Waals surface area contributed by atoms with E-state index in [0.717, 1.165) is 21.9 Å². The molecule has 2 rings (SSSR count). The molecule has 6 nitrogen and oxygen atoms in total. The van der Waals surface area contributed by atoms with E-state index in [0.29, 0.717) is 11.8 Å². The fraction of sp³-hybridized carbons (Fsp3) is 0.118. The van der Waals surface area contributed by atoms with Gasteiger partial charge in [0.2, 0.25) is 6.10 Å². The van der Waals surface area contributed by atoms with Crippen LogP contribution in [0.1, 0.15) is 6.92 Å². The maximum absolute atomic E-state index is 13.4. The summed E-state index contributed by atoms with van der Waals surface area (Å²) in [4.78, 5) is 28.5. The lowest BCUT2D eigenvalue weighted by Gasteiger charge is -2.10. The highest BCUT2D eigenvalue weighted by Crippen LogP contribution is 2.15. The zero-order valence-corrected chi connectivity index (χ0v) is 15.7. The molecule has 0 fully saturated rings. The second-order valence-electron chi connectivity index (χ2n) is 5.10.